The first-order valence-electron chi connectivity index (χ1n) is 9.75. The minimum atomic E-state index is -0.0408. The van der Waals surface area contributed by atoms with Crippen LogP contribution in [0.15, 0.2) is 60.7 Å². The number of carbonyl (C=O) groups is 1. The van der Waals surface area contributed by atoms with Gasteiger partial charge in [-0.1, -0.05) is 50.2 Å². The highest BCUT2D eigenvalue weighted by molar-refractivity contribution is 5.99. The molecule has 0 aromatic heterocycles. The lowest BCUT2D eigenvalue weighted by atomic mass is 9.69. The zero-order valence-electron chi connectivity index (χ0n) is 15.7. The highest BCUT2D eigenvalue weighted by Crippen LogP contribution is 2.58. The van der Waals surface area contributed by atoms with E-state index in [0.717, 1.165) is 29.8 Å². The summed E-state index contributed by atoms with van der Waals surface area (Å²) < 4.78 is 0. The summed E-state index contributed by atoms with van der Waals surface area (Å²) in [5.74, 6) is 2.18. The highest BCUT2D eigenvalue weighted by Gasteiger charge is 2.52. The van der Waals surface area contributed by atoms with E-state index in [0.29, 0.717) is 11.3 Å². The van der Waals surface area contributed by atoms with Crippen LogP contribution >= 0.6 is 0 Å². The Bertz CT molecular complexity index is 717. The molecular weight excluding hydrogens is 320 g/mol. The maximum absolute atomic E-state index is 13.1. The Hall–Kier alpha value is -2.29. The number of benzene rings is 2. The first kappa shape index (κ1) is 17.1. The fraction of sp³-hybridized carbons (Fsp3) is 0.435. The number of nitrogens with zero attached hydrogens (tertiary/aromatic N) is 1. The van der Waals surface area contributed by atoms with Gasteiger partial charge < -0.3 is 5.32 Å². The van der Waals surface area contributed by atoms with Crippen LogP contribution < -0.4 is 10.2 Å². The summed E-state index contributed by atoms with van der Waals surface area (Å²) in [6.45, 7) is 5.54. The maximum Gasteiger partial charge on any atom is 0.326 e. The van der Waals surface area contributed by atoms with Crippen LogP contribution in [0.25, 0.3) is 0 Å². The van der Waals surface area contributed by atoms with Crippen molar-refractivity contribution < 1.29 is 4.79 Å². The van der Waals surface area contributed by atoms with Crippen molar-refractivity contribution in [1.29, 1.82) is 0 Å². The van der Waals surface area contributed by atoms with Gasteiger partial charge in [0, 0.05) is 6.54 Å². The molecule has 1 N–H and O–H groups in total. The third-order valence-electron chi connectivity index (χ3n) is 6.76. The molecule has 2 saturated carbocycles. The normalized spacial score (nSPS) is 25.8. The van der Waals surface area contributed by atoms with E-state index in [9.17, 15) is 4.79 Å². The summed E-state index contributed by atoms with van der Waals surface area (Å²) in [7, 11) is 0. The van der Waals surface area contributed by atoms with Crippen molar-refractivity contribution in [2.45, 2.75) is 33.1 Å². The van der Waals surface area contributed by atoms with Crippen LogP contribution in [0.2, 0.25) is 0 Å². The number of nitrogens with one attached hydrogen (secondary N) is 1. The van der Waals surface area contributed by atoms with Crippen molar-refractivity contribution >= 4 is 17.4 Å². The number of urea groups is 1. The minimum Gasteiger partial charge on any atom is -0.337 e. The van der Waals surface area contributed by atoms with Crippen LogP contribution in [0.4, 0.5) is 16.2 Å². The van der Waals surface area contributed by atoms with Gasteiger partial charge in [0.15, 0.2) is 0 Å². The van der Waals surface area contributed by atoms with Crippen LogP contribution in [0.1, 0.15) is 33.1 Å². The smallest absolute Gasteiger partial charge is 0.326 e. The lowest BCUT2D eigenvalue weighted by molar-refractivity contribution is 0.122. The van der Waals surface area contributed by atoms with Gasteiger partial charge in [0.1, 0.15) is 0 Å². The summed E-state index contributed by atoms with van der Waals surface area (Å²) in [4.78, 5) is 14.9. The number of carbonyl (C=O) groups excluding carboxylic acids is 1. The zero-order valence-corrected chi connectivity index (χ0v) is 15.7. The summed E-state index contributed by atoms with van der Waals surface area (Å²) in [5, 5.41) is 3.25. The SMILES string of the molecule is CC1(C)[C@H]2CC[C@H](C2)[C@@H]1CNC(=O)N(c1ccccc1)c1ccccc1. The summed E-state index contributed by atoms with van der Waals surface area (Å²) in [6, 6.07) is 19.7. The molecule has 0 aliphatic heterocycles. The monoisotopic (exact) mass is 348 g/mol. The van der Waals surface area contributed by atoms with E-state index in [2.05, 4.69) is 19.2 Å². The van der Waals surface area contributed by atoms with Crippen molar-refractivity contribution in [2.24, 2.45) is 23.2 Å². The van der Waals surface area contributed by atoms with Crippen LogP contribution in [0, 0.1) is 23.2 Å². The van der Waals surface area contributed by atoms with Crippen molar-refractivity contribution in [1.82, 2.24) is 5.32 Å². The zero-order chi connectivity index (χ0) is 18.1. The third-order valence-corrected chi connectivity index (χ3v) is 6.76. The molecule has 3 atom stereocenters. The molecule has 26 heavy (non-hydrogen) atoms. The molecule has 0 heterocycles. The van der Waals surface area contributed by atoms with E-state index in [1.54, 1.807) is 4.90 Å². The summed E-state index contributed by atoms with van der Waals surface area (Å²) >= 11 is 0. The number of hydrogen-bond acceptors (Lipinski definition) is 1. The molecule has 2 aliphatic rings. The number of hydrogen-bond donors (Lipinski definition) is 1. The van der Waals surface area contributed by atoms with Crippen molar-refractivity contribution in [3.8, 4) is 0 Å². The average Bonchev–Trinajstić information content (AvgIpc) is 3.22. The number of rotatable bonds is 4. The lowest BCUT2D eigenvalue weighted by Crippen LogP contribution is -2.44. The van der Waals surface area contributed by atoms with Gasteiger partial charge in [-0.2, -0.15) is 0 Å². The van der Waals surface area contributed by atoms with Crippen LogP contribution in [-0.4, -0.2) is 12.6 Å². The topological polar surface area (TPSA) is 32.3 Å². The van der Waals surface area contributed by atoms with E-state index in [4.69, 9.17) is 0 Å². The largest absolute Gasteiger partial charge is 0.337 e. The van der Waals surface area contributed by atoms with E-state index in [-0.39, 0.29) is 6.03 Å². The maximum atomic E-state index is 13.1. The van der Waals surface area contributed by atoms with Crippen LogP contribution in [0.5, 0.6) is 0 Å². The Kier molecular flexibility index (Phi) is 4.47. The molecule has 2 fully saturated rings. The van der Waals surface area contributed by atoms with Gasteiger partial charge in [0.05, 0.1) is 11.4 Å². The molecule has 2 aromatic rings. The predicted molar refractivity (Wildman–Crippen MR) is 107 cm³/mol. The molecule has 0 radical (unpaired) electrons. The van der Waals surface area contributed by atoms with Gasteiger partial charge in [-0.15, -0.1) is 0 Å². The van der Waals surface area contributed by atoms with Gasteiger partial charge in [0.2, 0.25) is 0 Å². The second-order valence-corrected chi connectivity index (χ2v) is 8.39. The van der Waals surface area contributed by atoms with Crippen molar-refractivity contribution in [3.63, 3.8) is 0 Å². The molecule has 0 unspecified atom stereocenters. The molecule has 3 heteroatoms. The number of fused-ring (bicyclic) bond motifs is 2. The standard InChI is InChI=1S/C23H28N2O/c1-23(2)18-14-13-17(15-18)21(23)16-24-22(26)25(19-9-5-3-6-10-19)20-11-7-4-8-12-20/h3-12,17-18,21H,13-16H2,1-2H3,(H,24,26)/t17-,18+,21+/m1/s1. The van der Waals surface area contributed by atoms with E-state index in [1.165, 1.54) is 19.3 Å². The fourth-order valence-corrected chi connectivity index (χ4v) is 5.21. The van der Waals surface area contributed by atoms with E-state index in [1.807, 2.05) is 60.7 Å². The van der Waals surface area contributed by atoms with Crippen molar-refractivity contribution in [2.75, 3.05) is 11.4 Å². The molecule has 0 spiro atoms. The molecular formula is C23H28N2O. The Morgan fingerprint density at radius 1 is 1.00 bits per heavy atom. The summed E-state index contributed by atoms with van der Waals surface area (Å²) in [5.41, 5.74) is 2.12. The lowest BCUT2D eigenvalue weighted by Gasteiger charge is -2.38. The van der Waals surface area contributed by atoms with Gasteiger partial charge in [-0.25, -0.2) is 4.79 Å². The Labute approximate surface area is 156 Å². The molecule has 2 aliphatic carbocycles. The van der Waals surface area contributed by atoms with Gasteiger partial charge >= 0.3 is 6.03 Å². The molecule has 0 saturated heterocycles. The quantitative estimate of drug-likeness (QED) is 0.765. The third kappa shape index (κ3) is 3.00. The number of amides is 2. The predicted octanol–water partition coefficient (Wildman–Crippen LogP) is 5.61. The second-order valence-electron chi connectivity index (χ2n) is 8.39. The molecule has 2 aromatic carbocycles. The van der Waals surface area contributed by atoms with E-state index >= 15 is 0 Å². The van der Waals surface area contributed by atoms with Crippen molar-refractivity contribution in [3.05, 3.63) is 60.7 Å². The van der Waals surface area contributed by atoms with Gasteiger partial charge in [-0.3, -0.25) is 4.90 Å². The van der Waals surface area contributed by atoms with Crippen LogP contribution in [-0.2, 0) is 0 Å². The minimum absolute atomic E-state index is 0.0408. The van der Waals surface area contributed by atoms with Gasteiger partial charge in [-0.05, 0) is 66.7 Å². The first-order valence-corrected chi connectivity index (χ1v) is 9.75. The van der Waals surface area contributed by atoms with Crippen LogP contribution in [0.3, 0.4) is 0 Å². The Morgan fingerprint density at radius 2 is 1.58 bits per heavy atom. The molecule has 2 bridgehead atoms. The number of anilines is 2. The molecule has 3 nitrogen and oxygen atoms in total. The summed E-state index contributed by atoms with van der Waals surface area (Å²) in [6.07, 6.45) is 4.03. The van der Waals surface area contributed by atoms with E-state index < -0.39 is 0 Å². The number of para-hydroxylation sites is 2. The van der Waals surface area contributed by atoms with Gasteiger partial charge in [0.25, 0.3) is 0 Å². The first-order chi connectivity index (χ1) is 12.6. The Morgan fingerprint density at radius 3 is 2.08 bits per heavy atom. The molecule has 4 rings (SSSR count). The molecule has 2 amide bonds. The Balaban J connectivity index is 1.52. The average molecular weight is 348 g/mol. The second kappa shape index (κ2) is 6.79. The fourth-order valence-electron chi connectivity index (χ4n) is 5.21. The molecule has 136 valence electrons. The highest BCUT2D eigenvalue weighted by atomic mass is 16.2.